The Bertz CT molecular complexity index is 312. The molecule has 1 aliphatic heterocycles. The summed E-state index contributed by atoms with van der Waals surface area (Å²) in [5.41, 5.74) is 1.22. The molecule has 0 aliphatic carbocycles. The van der Waals surface area contributed by atoms with Crippen molar-refractivity contribution < 1.29 is 4.79 Å². The molecular weight excluding hydrogens is 188 g/mol. The first kappa shape index (κ1) is 11.8. The van der Waals surface area contributed by atoms with Crippen LogP contribution in [0, 0.1) is 23.2 Å². The van der Waals surface area contributed by atoms with Gasteiger partial charge in [0.2, 0.25) is 5.91 Å². The largest absolute Gasteiger partial charge is 0.337 e. The van der Waals surface area contributed by atoms with Gasteiger partial charge in [-0.2, -0.15) is 5.26 Å². The zero-order valence-electron chi connectivity index (χ0n) is 9.66. The van der Waals surface area contributed by atoms with Gasteiger partial charge in [-0.25, -0.2) is 0 Å². The number of nitriles is 1. The van der Waals surface area contributed by atoms with Crippen molar-refractivity contribution in [1.29, 1.82) is 5.26 Å². The summed E-state index contributed by atoms with van der Waals surface area (Å²) < 4.78 is 0. The first-order chi connectivity index (χ1) is 7.06. The first-order valence-corrected chi connectivity index (χ1v) is 5.40. The van der Waals surface area contributed by atoms with Gasteiger partial charge in [0.15, 0.2) is 0 Å². The molecule has 0 N–H and O–H groups in total. The molecule has 0 saturated carbocycles. The third-order valence-electron chi connectivity index (χ3n) is 2.72. The van der Waals surface area contributed by atoms with Crippen molar-refractivity contribution in [3.8, 4) is 6.07 Å². The molecule has 1 rings (SSSR count). The van der Waals surface area contributed by atoms with Crippen molar-refractivity contribution in [3.63, 3.8) is 0 Å². The van der Waals surface area contributed by atoms with E-state index in [4.69, 9.17) is 5.26 Å². The van der Waals surface area contributed by atoms with Crippen molar-refractivity contribution in [1.82, 2.24) is 4.90 Å². The minimum Gasteiger partial charge on any atom is -0.337 e. The molecule has 1 heterocycles. The zero-order valence-corrected chi connectivity index (χ0v) is 9.66. The van der Waals surface area contributed by atoms with Crippen molar-refractivity contribution in [2.75, 3.05) is 13.1 Å². The van der Waals surface area contributed by atoms with Crippen molar-refractivity contribution in [2.24, 2.45) is 11.8 Å². The molecule has 15 heavy (non-hydrogen) atoms. The molecule has 3 nitrogen and oxygen atoms in total. The Morgan fingerprint density at radius 2 is 2.27 bits per heavy atom. The quantitative estimate of drug-likeness (QED) is 0.648. The molecule has 0 bridgehead atoms. The second kappa shape index (κ2) is 4.97. The van der Waals surface area contributed by atoms with Crippen LogP contribution < -0.4 is 0 Å². The summed E-state index contributed by atoms with van der Waals surface area (Å²) in [6, 6.07) is 2.10. The number of amides is 1. The van der Waals surface area contributed by atoms with E-state index < -0.39 is 5.92 Å². The van der Waals surface area contributed by atoms with E-state index in [0.717, 1.165) is 13.0 Å². The van der Waals surface area contributed by atoms with Gasteiger partial charge in [-0.15, -0.1) is 0 Å². The highest BCUT2D eigenvalue weighted by Crippen LogP contribution is 2.17. The van der Waals surface area contributed by atoms with Gasteiger partial charge < -0.3 is 4.90 Å². The highest BCUT2D eigenvalue weighted by atomic mass is 16.2. The number of hydrogen-bond acceptors (Lipinski definition) is 2. The molecule has 0 aromatic carbocycles. The molecule has 0 saturated heterocycles. The Kier molecular flexibility index (Phi) is 3.90. The maximum absolute atomic E-state index is 12.0. The molecule has 0 radical (unpaired) electrons. The lowest BCUT2D eigenvalue weighted by molar-refractivity contribution is -0.134. The fourth-order valence-corrected chi connectivity index (χ4v) is 1.79. The van der Waals surface area contributed by atoms with Crippen LogP contribution in [0.2, 0.25) is 0 Å². The van der Waals surface area contributed by atoms with E-state index in [-0.39, 0.29) is 11.8 Å². The third kappa shape index (κ3) is 2.82. The lowest BCUT2D eigenvalue weighted by Crippen LogP contribution is -2.40. The number of hydrogen-bond donors (Lipinski definition) is 0. The molecule has 0 aromatic rings. The summed E-state index contributed by atoms with van der Waals surface area (Å²) in [5.74, 6) is -0.412. The van der Waals surface area contributed by atoms with Gasteiger partial charge in [-0.3, -0.25) is 4.79 Å². The van der Waals surface area contributed by atoms with E-state index in [1.54, 1.807) is 4.90 Å². The minimum absolute atomic E-state index is 0.0139. The first-order valence-electron chi connectivity index (χ1n) is 5.40. The number of carbonyl (C=O) groups is 1. The topological polar surface area (TPSA) is 44.1 Å². The van der Waals surface area contributed by atoms with E-state index in [2.05, 4.69) is 12.1 Å². The number of nitrogens with zero attached hydrogens (tertiary/aromatic N) is 2. The maximum Gasteiger partial charge on any atom is 0.240 e. The predicted molar refractivity (Wildman–Crippen MR) is 58.9 cm³/mol. The highest BCUT2D eigenvalue weighted by Gasteiger charge is 2.27. The maximum atomic E-state index is 12.0. The minimum atomic E-state index is -0.490. The fraction of sp³-hybridized carbons (Fsp3) is 0.667. The van der Waals surface area contributed by atoms with Gasteiger partial charge >= 0.3 is 0 Å². The highest BCUT2D eigenvalue weighted by molar-refractivity contribution is 5.81. The SMILES string of the molecule is CC1=CCCN(C(=O)C(C#N)C(C)C)C1. The smallest absolute Gasteiger partial charge is 0.240 e. The lowest BCUT2D eigenvalue weighted by atomic mass is 9.95. The van der Waals surface area contributed by atoms with Gasteiger partial charge in [0.05, 0.1) is 6.07 Å². The van der Waals surface area contributed by atoms with Gasteiger partial charge in [0.1, 0.15) is 5.92 Å². The van der Waals surface area contributed by atoms with Crippen LogP contribution in [-0.2, 0) is 4.79 Å². The summed E-state index contributed by atoms with van der Waals surface area (Å²) in [6.45, 7) is 7.29. The Balaban J connectivity index is 2.69. The van der Waals surface area contributed by atoms with E-state index in [9.17, 15) is 4.79 Å². The van der Waals surface area contributed by atoms with Crippen LogP contribution in [0.15, 0.2) is 11.6 Å². The summed E-state index contributed by atoms with van der Waals surface area (Å²) in [5, 5.41) is 8.95. The van der Waals surface area contributed by atoms with E-state index >= 15 is 0 Å². The second-order valence-electron chi connectivity index (χ2n) is 4.45. The molecule has 1 aliphatic rings. The number of carbonyl (C=O) groups excluding carboxylic acids is 1. The van der Waals surface area contributed by atoms with Gasteiger partial charge in [-0.05, 0) is 19.3 Å². The average molecular weight is 206 g/mol. The molecule has 3 heteroatoms. The zero-order chi connectivity index (χ0) is 11.4. The second-order valence-corrected chi connectivity index (χ2v) is 4.45. The average Bonchev–Trinajstić information content (AvgIpc) is 2.18. The van der Waals surface area contributed by atoms with Crippen LogP contribution in [0.4, 0.5) is 0 Å². The van der Waals surface area contributed by atoms with E-state index in [0.29, 0.717) is 6.54 Å². The standard InChI is InChI=1S/C12H18N2O/c1-9(2)11(7-13)12(15)14-6-4-5-10(3)8-14/h5,9,11H,4,6,8H2,1-3H3. The van der Waals surface area contributed by atoms with Crippen LogP contribution in [0.3, 0.4) is 0 Å². The molecule has 1 atom stereocenters. The summed E-state index contributed by atoms with van der Waals surface area (Å²) in [7, 11) is 0. The Hall–Kier alpha value is -1.30. The molecule has 1 unspecified atom stereocenters. The molecule has 0 aromatic heterocycles. The van der Waals surface area contributed by atoms with Crippen LogP contribution in [0.1, 0.15) is 27.2 Å². The molecule has 0 spiro atoms. The van der Waals surface area contributed by atoms with Crippen molar-refractivity contribution in [2.45, 2.75) is 27.2 Å². The van der Waals surface area contributed by atoms with Crippen molar-refractivity contribution >= 4 is 5.91 Å². The van der Waals surface area contributed by atoms with Gasteiger partial charge in [0, 0.05) is 13.1 Å². The fourth-order valence-electron chi connectivity index (χ4n) is 1.79. The van der Waals surface area contributed by atoms with Gasteiger partial charge in [-0.1, -0.05) is 25.5 Å². The van der Waals surface area contributed by atoms with Crippen LogP contribution in [0.25, 0.3) is 0 Å². The normalized spacial score (nSPS) is 18.3. The predicted octanol–water partition coefficient (Wildman–Crippen LogP) is 1.96. The Morgan fingerprint density at radius 1 is 1.60 bits per heavy atom. The molecule has 0 fully saturated rings. The summed E-state index contributed by atoms with van der Waals surface area (Å²) in [6.07, 6.45) is 3.06. The van der Waals surface area contributed by atoms with Crippen molar-refractivity contribution in [3.05, 3.63) is 11.6 Å². The summed E-state index contributed by atoms with van der Waals surface area (Å²) in [4.78, 5) is 13.8. The van der Waals surface area contributed by atoms with E-state index in [1.165, 1.54) is 5.57 Å². The molecular formula is C12H18N2O. The Morgan fingerprint density at radius 3 is 2.73 bits per heavy atom. The monoisotopic (exact) mass is 206 g/mol. The van der Waals surface area contributed by atoms with E-state index in [1.807, 2.05) is 20.8 Å². The number of rotatable bonds is 2. The third-order valence-corrected chi connectivity index (χ3v) is 2.72. The lowest BCUT2D eigenvalue weighted by Gasteiger charge is -2.28. The van der Waals surface area contributed by atoms with Crippen LogP contribution in [0.5, 0.6) is 0 Å². The van der Waals surface area contributed by atoms with Gasteiger partial charge in [0.25, 0.3) is 0 Å². The Labute approximate surface area is 91.4 Å². The van der Waals surface area contributed by atoms with Crippen LogP contribution >= 0.6 is 0 Å². The van der Waals surface area contributed by atoms with Crippen LogP contribution in [-0.4, -0.2) is 23.9 Å². The summed E-state index contributed by atoms with van der Waals surface area (Å²) >= 11 is 0. The molecule has 1 amide bonds. The molecule has 82 valence electrons.